The first-order chi connectivity index (χ1) is 8.05. The number of carbonyl (C=O) groups is 1. The highest BCUT2D eigenvalue weighted by Crippen LogP contribution is 2.23. The molecule has 0 bridgehead atoms. The second-order valence-corrected chi connectivity index (χ2v) is 3.36. The maximum absolute atomic E-state index is 10.5. The largest absolute Gasteiger partial charge is 0.497 e. The van der Waals surface area contributed by atoms with Gasteiger partial charge in [0.2, 0.25) is 0 Å². The van der Waals surface area contributed by atoms with Crippen LogP contribution in [-0.2, 0) is 11.2 Å². The predicted octanol–water partition coefficient (Wildman–Crippen LogP) is 1.86. The van der Waals surface area contributed by atoms with Crippen LogP contribution < -0.4 is 15.2 Å². The molecule has 0 spiro atoms. The van der Waals surface area contributed by atoms with Gasteiger partial charge in [0.05, 0.1) is 14.2 Å². The highest BCUT2D eigenvalue weighted by Gasteiger charge is 2.06. The van der Waals surface area contributed by atoms with Crippen LogP contribution in [-0.4, -0.2) is 20.3 Å². The third-order valence-electron chi connectivity index (χ3n) is 2.06. The summed E-state index contributed by atoms with van der Waals surface area (Å²) in [5, 5.41) is 0. The van der Waals surface area contributed by atoms with E-state index in [4.69, 9.17) is 15.2 Å². The number of amides is 1. The van der Waals surface area contributed by atoms with E-state index in [2.05, 4.69) is 11.3 Å². The lowest BCUT2D eigenvalue weighted by Gasteiger charge is -2.09. The average molecular weight is 237 g/mol. The zero-order valence-electron chi connectivity index (χ0n) is 9.86. The van der Waals surface area contributed by atoms with Crippen molar-refractivity contribution in [1.29, 1.82) is 0 Å². The Hall–Kier alpha value is -2.17. The molecule has 0 unspecified atom stereocenters. The van der Waals surface area contributed by atoms with Crippen LogP contribution in [0.15, 0.2) is 30.5 Å². The van der Waals surface area contributed by atoms with Crippen LogP contribution in [0.25, 0.3) is 0 Å². The second-order valence-electron chi connectivity index (χ2n) is 3.36. The smallest absolute Gasteiger partial charge is 0.409 e. The Morgan fingerprint density at radius 1 is 1.24 bits per heavy atom. The van der Waals surface area contributed by atoms with Gasteiger partial charge in [-0.2, -0.15) is 0 Å². The average Bonchev–Trinajstić information content (AvgIpc) is 2.27. The Morgan fingerprint density at radius 3 is 2.18 bits per heavy atom. The molecule has 0 radical (unpaired) electrons. The summed E-state index contributed by atoms with van der Waals surface area (Å²) in [6, 6.07) is 5.36. The van der Waals surface area contributed by atoms with Gasteiger partial charge in [-0.15, -0.1) is 0 Å². The molecule has 92 valence electrons. The number of rotatable bonds is 5. The number of benzene rings is 1. The highest BCUT2D eigenvalue weighted by molar-refractivity contribution is 5.66. The Labute approximate surface area is 99.8 Å². The Morgan fingerprint density at radius 2 is 1.76 bits per heavy atom. The van der Waals surface area contributed by atoms with Gasteiger partial charge >= 0.3 is 6.09 Å². The molecule has 17 heavy (non-hydrogen) atoms. The van der Waals surface area contributed by atoms with Gasteiger partial charge in [0.25, 0.3) is 0 Å². The van der Waals surface area contributed by atoms with Crippen molar-refractivity contribution in [3.63, 3.8) is 0 Å². The number of hydrogen-bond acceptors (Lipinski definition) is 4. The number of ether oxygens (including phenoxy) is 3. The quantitative estimate of drug-likeness (QED) is 0.793. The van der Waals surface area contributed by atoms with E-state index < -0.39 is 6.09 Å². The number of nitrogens with two attached hydrogens (primary N) is 1. The fourth-order valence-electron chi connectivity index (χ4n) is 1.37. The molecule has 0 fully saturated rings. The molecule has 1 rings (SSSR count). The van der Waals surface area contributed by atoms with Gasteiger partial charge in [-0.1, -0.05) is 6.58 Å². The molecular formula is C12H15NO4. The zero-order valence-corrected chi connectivity index (χ0v) is 9.86. The minimum absolute atomic E-state index is 0.271. The Balaban J connectivity index is 2.82. The van der Waals surface area contributed by atoms with Gasteiger partial charge in [-0.05, 0) is 17.7 Å². The summed E-state index contributed by atoms with van der Waals surface area (Å²) in [5.41, 5.74) is 5.74. The van der Waals surface area contributed by atoms with Crippen molar-refractivity contribution >= 4 is 6.09 Å². The van der Waals surface area contributed by atoms with E-state index >= 15 is 0 Å². The summed E-state index contributed by atoms with van der Waals surface area (Å²) in [7, 11) is 3.13. The molecule has 0 aliphatic rings. The Bertz CT molecular complexity index is 406. The maximum atomic E-state index is 10.5. The fourth-order valence-corrected chi connectivity index (χ4v) is 1.37. The number of primary amides is 1. The van der Waals surface area contributed by atoms with Crippen LogP contribution in [0, 0.1) is 0 Å². The van der Waals surface area contributed by atoms with Crippen LogP contribution in [0.3, 0.4) is 0 Å². The van der Waals surface area contributed by atoms with Crippen molar-refractivity contribution in [3.05, 3.63) is 36.1 Å². The molecule has 2 N–H and O–H groups in total. The lowest BCUT2D eigenvalue weighted by Crippen LogP contribution is -2.13. The molecule has 0 aliphatic carbocycles. The first-order valence-electron chi connectivity index (χ1n) is 4.92. The number of carbonyl (C=O) groups excluding carboxylic acids is 1. The molecule has 5 nitrogen and oxygen atoms in total. The molecule has 0 atom stereocenters. The van der Waals surface area contributed by atoms with Gasteiger partial charge in [0, 0.05) is 12.5 Å². The minimum atomic E-state index is -0.870. The van der Waals surface area contributed by atoms with Crippen LogP contribution >= 0.6 is 0 Å². The lowest BCUT2D eigenvalue weighted by atomic mass is 10.1. The van der Waals surface area contributed by atoms with Gasteiger partial charge in [-0.25, -0.2) is 4.79 Å². The SMILES string of the molecule is C=C(Cc1cc(OC)cc(OC)c1)OC(N)=O. The van der Waals surface area contributed by atoms with Crippen molar-refractivity contribution in [3.8, 4) is 11.5 Å². The van der Waals surface area contributed by atoms with E-state index in [0.29, 0.717) is 17.9 Å². The summed E-state index contributed by atoms with van der Waals surface area (Å²) in [5.74, 6) is 1.59. The zero-order chi connectivity index (χ0) is 12.8. The van der Waals surface area contributed by atoms with Gasteiger partial charge < -0.3 is 19.9 Å². The highest BCUT2D eigenvalue weighted by atomic mass is 16.5. The van der Waals surface area contributed by atoms with Crippen molar-refractivity contribution in [1.82, 2.24) is 0 Å². The maximum Gasteiger partial charge on any atom is 0.409 e. The summed E-state index contributed by atoms with van der Waals surface area (Å²) in [6.07, 6.45) is -0.513. The van der Waals surface area contributed by atoms with Gasteiger partial charge in [0.15, 0.2) is 0 Å². The number of hydrogen-bond donors (Lipinski definition) is 1. The third kappa shape index (κ3) is 4.06. The van der Waals surface area contributed by atoms with Crippen LogP contribution in [0.2, 0.25) is 0 Å². The Kier molecular flexibility index (Phi) is 4.39. The molecule has 0 saturated carbocycles. The van der Waals surface area contributed by atoms with Crippen molar-refractivity contribution in [2.45, 2.75) is 6.42 Å². The molecule has 0 aromatic heterocycles. The lowest BCUT2D eigenvalue weighted by molar-refractivity contribution is 0.185. The summed E-state index contributed by atoms with van der Waals surface area (Å²) in [4.78, 5) is 10.5. The molecule has 1 amide bonds. The van der Waals surface area contributed by atoms with Crippen LogP contribution in [0.5, 0.6) is 11.5 Å². The fraction of sp³-hybridized carbons (Fsp3) is 0.250. The first kappa shape index (κ1) is 12.9. The summed E-state index contributed by atoms with van der Waals surface area (Å²) < 4.78 is 14.9. The van der Waals surface area contributed by atoms with Crippen molar-refractivity contribution in [2.75, 3.05) is 14.2 Å². The number of methoxy groups -OCH3 is 2. The molecule has 0 aliphatic heterocycles. The van der Waals surface area contributed by atoms with E-state index in [1.807, 2.05) is 0 Å². The standard InChI is InChI=1S/C12H15NO4/c1-8(17-12(13)14)4-9-5-10(15-2)7-11(6-9)16-3/h5-7H,1,4H2,2-3H3,(H2,13,14). The molecular weight excluding hydrogens is 222 g/mol. The van der Waals surface area contributed by atoms with Crippen LogP contribution in [0.4, 0.5) is 4.79 Å². The van der Waals surface area contributed by atoms with E-state index in [0.717, 1.165) is 5.56 Å². The van der Waals surface area contributed by atoms with E-state index in [1.54, 1.807) is 32.4 Å². The van der Waals surface area contributed by atoms with Crippen molar-refractivity contribution < 1.29 is 19.0 Å². The monoisotopic (exact) mass is 237 g/mol. The molecule has 5 heteroatoms. The summed E-state index contributed by atoms with van der Waals surface area (Å²) >= 11 is 0. The van der Waals surface area contributed by atoms with Gasteiger partial charge in [0.1, 0.15) is 17.3 Å². The van der Waals surface area contributed by atoms with Crippen molar-refractivity contribution in [2.24, 2.45) is 5.73 Å². The molecule has 0 heterocycles. The van der Waals surface area contributed by atoms with E-state index in [-0.39, 0.29) is 5.76 Å². The van der Waals surface area contributed by atoms with E-state index in [1.165, 1.54) is 0 Å². The first-order valence-corrected chi connectivity index (χ1v) is 4.92. The molecule has 0 saturated heterocycles. The third-order valence-corrected chi connectivity index (χ3v) is 2.06. The molecule has 1 aromatic carbocycles. The van der Waals surface area contributed by atoms with Crippen LogP contribution in [0.1, 0.15) is 5.56 Å². The predicted molar refractivity (Wildman–Crippen MR) is 63.1 cm³/mol. The second kappa shape index (κ2) is 5.79. The normalized spacial score (nSPS) is 9.53. The van der Waals surface area contributed by atoms with Gasteiger partial charge in [-0.3, -0.25) is 0 Å². The molecule has 1 aromatic rings. The minimum Gasteiger partial charge on any atom is -0.497 e. The summed E-state index contributed by atoms with van der Waals surface area (Å²) in [6.45, 7) is 3.60. The topological polar surface area (TPSA) is 70.8 Å². The number of allylic oxidation sites excluding steroid dienone is 1. The van der Waals surface area contributed by atoms with E-state index in [9.17, 15) is 4.79 Å².